The van der Waals surface area contributed by atoms with E-state index in [0.717, 1.165) is 0 Å². The van der Waals surface area contributed by atoms with E-state index < -0.39 is 0 Å². The van der Waals surface area contributed by atoms with Gasteiger partial charge in [-0.2, -0.15) is 0 Å². The zero-order valence-electron chi connectivity index (χ0n) is 6.74. The van der Waals surface area contributed by atoms with Crippen LogP contribution in [-0.2, 0) is 0 Å². The van der Waals surface area contributed by atoms with Crippen LogP contribution in [0.2, 0.25) is 0 Å². The van der Waals surface area contributed by atoms with Crippen molar-refractivity contribution in [2.24, 2.45) is 0 Å². The number of hydrogen-bond acceptors (Lipinski definition) is 2. The van der Waals surface area contributed by atoms with Gasteiger partial charge in [-0.3, -0.25) is 4.98 Å². The number of pyridine rings is 1. The third-order valence-electron chi connectivity index (χ3n) is 1.25. The van der Waals surface area contributed by atoms with Gasteiger partial charge in [0.2, 0.25) is 0 Å². The molecule has 0 unspecified atom stereocenters. The maximum Gasteiger partial charge on any atom is 0.0373 e. The minimum Gasteiger partial charge on any atom is -0.264 e. The quantitative estimate of drug-likeness (QED) is 0.583. The van der Waals surface area contributed by atoms with Gasteiger partial charge in [-0.05, 0) is 17.5 Å². The Morgan fingerprint density at radius 2 is 2.09 bits per heavy atom. The summed E-state index contributed by atoms with van der Waals surface area (Å²) in [6.45, 7) is 4.00. The third kappa shape index (κ3) is 1.77. The smallest absolute Gasteiger partial charge is 0.0373 e. The van der Waals surface area contributed by atoms with Crippen molar-refractivity contribution >= 4 is 21.4 Å². The van der Waals surface area contributed by atoms with Gasteiger partial charge >= 0.3 is 0 Å². The normalized spacial score (nSPS) is 8.91. The second kappa shape index (κ2) is 4.09. The van der Waals surface area contributed by atoms with Gasteiger partial charge in [0.05, 0.1) is 0 Å². The van der Waals surface area contributed by atoms with Gasteiger partial charge in [0, 0.05) is 22.5 Å². The van der Waals surface area contributed by atoms with Gasteiger partial charge in [-0.25, -0.2) is 0 Å². The zero-order chi connectivity index (χ0) is 8.10. The van der Waals surface area contributed by atoms with E-state index in [-0.39, 0.29) is 0 Å². The van der Waals surface area contributed by atoms with Gasteiger partial charge in [0.25, 0.3) is 0 Å². The van der Waals surface area contributed by atoms with Crippen LogP contribution in [0.3, 0.4) is 0 Å². The largest absolute Gasteiger partial charge is 0.264 e. The van der Waals surface area contributed by atoms with E-state index in [1.165, 1.54) is 10.1 Å². The first-order valence-electron chi connectivity index (χ1n) is 3.74. The van der Waals surface area contributed by atoms with Crippen LogP contribution in [0.25, 0.3) is 10.1 Å². The van der Waals surface area contributed by atoms with Crippen molar-refractivity contribution in [3.05, 3.63) is 29.9 Å². The highest BCUT2D eigenvalue weighted by Crippen LogP contribution is 2.17. The van der Waals surface area contributed by atoms with Crippen molar-refractivity contribution in [3.8, 4) is 0 Å². The molecule has 2 rings (SSSR count). The molecule has 0 saturated carbocycles. The maximum absolute atomic E-state index is 3.99. The van der Waals surface area contributed by atoms with E-state index >= 15 is 0 Å². The molecule has 0 amide bonds. The number of fused-ring (bicyclic) bond motifs is 1. The molecule has 0 spiro atoms. The molecule has 2 aromatic heterocycles. The van der Waals surface area contributed by atoms with E-state index in [2.05, 4.69) is 16.4 Å². The first-order valence-corrected chi connectivity index (χ1v) is 4.62. The van der Waals surface area contributed by atoms with Crippen molar-refractivity contribution in [2.45, 2.75) is 13.8 Å². The van der Waals surface area contributed by atoms with Crippen LogP contribution >= 0.6 is 11.3 Å². The molecule has 0 saturated heterocycles. The Hall–Kier alpha value is -0.890. The zero-order valence-corrected chi connectivity index (χ0v) is 7.56. The minimum absolute atomic E-state index is 1.24. The Bertz CT molecular complexity index is 284. The van der Waals surface area contributed by atoms with Gasteiger partial charge in [0.1, 0.15) is 0 Å². The molecule has 0 aromatic carbocycles. The molecule has 2 heterocycles. The van der Waals surface area contributed by atoms with Gasteiger partial charge in [-0.15, -0.1) is 11.3 Å². The number of nitrogens with zero attached hydrogens (tertiary/aromatic N) is 1. The third-order valence-corrected chi connectivity index (χ3v) is 2.15. The molecule has 2 heteroatoms. The molecule has 0 atom stereocenters. The molecule has 0 aliphatic heterocycles. The Labute approximate surface area is 70.7 Å². The molecule has 1 nitrogen and oxygen atoms in total. The predicted molar refractivity (Wildman–Crippen MR) is 51.0 cm³/mol. The second-order valence-corrected chi connectivity index (χ2v) is 2.78. The molecular weight excluding hydrogens is 154 g/mol. The summed E-state index contributed by atoms with van der Waals surface area (Å²) in [6, 6.07) is 4.10. The van der Waals surface area contributed by atoms with Crippen molar-refractivity contribution in [2.75, 3.05) is 0 Å². The van der Waals surface area contributed by atoms with Crippen LogP contribution in [0.15, 0.2) is 29.9 Å². The summed E-state index contributed by atoms with van der Waals surface area (Å²) in [6.07, 6.45) is 3.70. The molecule has 0 radical (unpaired) electrons. The molecule has 0 fully saturated rings. The summed E-state index contributed by atoms with van der Waals surface area (Å²) in [5.74, 6) is 0. The van der Waals surface area contributed by atoms with Gasteiger partial charge < -0.3 is 0 Å². The highest BCUT2D eigenvalue weighted by atomic mass is 32.1. The van der Waals surface area contributed by atoms with E-state index in [1.54, 1.807) is 11.3 Å². The van der Waals surface area contributed by atoms with Crippen LogP contribution in [-0.4, -0.2) is 4.98 Å². The van der Waals surface area contributed by atoms with Gasteiger partial charge in [0.15, 0.2) is 0 Å². The van der Waals surface area contributed by atoms with E-state index in [1.807, 2.05) is 32.3 Å². The number of thiophene rings is 1. The average molecular weight is 165 g/mol. The lowest BCUT2D eigenvalue weighted by molar-refractivity contribution is 1.37. The summed E-state index contributed by atoms with van der Waals surface area (Å²) in [7, 11) is 0. The SMILES string of the molecule is CC.c1cc2sccc2cn1. The fourth-order valence-corrected chi connectivity index (χ4v) is 1.56. The van der Waals surface area contributed by atoms with Crippen molar-refractivity contribution in [3.63, 3.8) is 0 Å². The second-order valence-electron chi connectivity index (χ2n) is 1.83. The number of hydrogen-bond donors (Lipinski definition) is 0. The average Bonchev–Trinajstić information content (AvgIpc) is 2.55. The summed E-state index contributed by atoms with van der Waals surface area (Å²) in [5, 5.41) is 3.31. The van der Waals surface area contributed by atoms with Crippen LogP contribution in [0, 0.1) is 0 Å². The lowest BCUT2D eigenvalue weighted by Crippen LogP contribution is -1.64. The van der Waals surface area contributed by atoms with Crippen LogP contribution in [0.5, 0.6) is 0 Å². The number of rotatable bonds is 0. The summed E-state index contributed by atoms with van der Waals surface area (Å²) in [5.41, 5.74) is 0. The van der Waals surface area contributed by atoms with E-state index in [9.17, 15) is 0 Å². The minimum atomic E-state index is 1.24. The fraction of sp³-hybridized carbons (Fsp3) is 0.222. The highest BCUT2D eigenvalue weighted by molar-refractivity contribution is 7.17. The summed E-state index contributed by atoms with van der Waals surface area (Å²) >= 11 is 1.75. The Morgan fingerprint density at radius 1 is 1.27 bits per heavy atom. The highest BCUT2D eigenvalue weighted by Gasteiger charge is 1.88. The standard InChI is InChI=1S/C7H5NS.C2H6/c1-3-8-5-6-2-4-9-7(1)6;1-2/h1-5H;1-2H3. The molecule has 11 heavy (non-hydrogen) atoms. The lowest BCUT2D eigenvalue weighted by Gasteiger charge is -1.81. The lowest BCUT2D eigenvalue weighted by atomic mass is 10.4. The Balaban J connectivity index is 0.000000281. The van der Waals surface area contributed by atoms with Crippen LogP contribution < -0.4 is 0 Å². The molecule has 2 aromatic rings. The molecule has 0 aliphatic rings. The summed E-state index contributed by atoms with van der Waals surface area (Å²) in [4.78, 5) is 3.99. The maximum atomic E-state index is 3.99. The Kier molecular flexibility index (Phi) is 3.05. The first-order chi connectivity index (χ1) is 5.47. The van der Waals surface area contributed by atoms with Crippen molar-refractivity contribution in [1.82, 2.24) is 4.98 Å². The predicted octanol–water partition coefficient (Wildman–Crippen LogP) is 3.32. The topological polar surface area (TPSA) is 12.9 Å². The number of aromatic nitrogens is 1. The van der Waals surface area contributed by atoms with E-state index in [0.29, 0.717) is 0 Å². The fourth-order valence-electron chi connectivity index (χ4n) is 0.807. The molecule has 58 valence electrons. The van der Waals surface area contributed by atoms with Crippen LogP contribution in [0.4, 0.5) is 0 Å². The molecule has 0 N–H and O–H groups in total. The van der Waals surface area contributed by atoms with Crippen LogP contribution in [0.1, 0.15) is 13.8 Å². The van der Waals surface area contributed by atoms with E-state index in [4.69, 9.17) is 0 Å². The van der Waals surface area contributed by atoms with Crippen molar-refractivity contribution in [1.29, 1.82) is 0 Å². The monoisotopic (exact) mass is 165 g/mol. The van der Waals surface area contributed by atoms with Crippen molar-refractivity contribution < 1.29 is 0 Å². The molecule has 0 aliphatic carbocycles. The van der Waals surface area contributed by atoms with Gasteiger partial charge in [-0.1, -0.05) is 13.8 Å². The first kappa shape index (κ1) is 8.21. The molecular formula is C9H11NS. The summed E-state index contributed by atoms with van der Waals surface area (Å²) < 4.78 is 1.31. The molecule has 0 bridgehead atoms. The Morgan fingerprint density at radius 3 is 2.82 bits per heavy atom.